The first-order valence-electron chi connectivity index (χ1n) is 10.9. The Labute approximate surface area is 191 Å². The molecule has 33 heavy (non-hydrogen) atoms. The fourth-order valence-electron chi connectivity index (χ4n) is 4.23. The maximum Gasteiger partial charge on any atom is 0.200 e. The molecule has 6 heteroatoms. The highest BCUT2D eigenvalue weighted by Crippen LogP contribution is 2.34. The highest BCUT2D eigenvalue weighted by Gasteiger charge is 2.23. The largest absolute Gasteiger partial charge is 0.497 e. The molecule has 0 saturated heterocycles. The average molecular weight is 443 g/mol. The Morgan fingerprint density at radius 1 is 0.939 bits per heavy atom. The van der Waals surface area contributed by atoms with E-state index in [2.05, 4.69) is 17.0 Å². The fourth-order valence-corrected chi connectivity index (χ4v) is 4.23. The van der Waals surface area contributed by atoms with Gasteiger partial charge in [-0.3, -0.25) is 9.69 Å². The Hall–Kier alpha value is -3.77. The van der Waals surface area contributed by atoms with E-state index in [1.54, 1.807) is 20.3 Å². The van der Waals surface area contributed by atoms with Crippen LogP contribution in [0, 0.1) is 0 Å². The summed E-state index contributed by atoms with van der Waals surface area (Å²) in [6, 6.07) is 19.2. The number of nitrogens with zero attached hydrogens (tertiary/aromatic N) is 1. The Morgan fingerprint density at radius 2 is 1.76 bits per heavy atom. The van der Waals surface area contributed by atoms with Crippen molar-refractivity contribution in [2.45, 2.75) is 13.0 Å². The van der Waals surface area contributed by atoms with Gasteiger partial charge in [-0.15, -0.1) is 0 Å². The Bertz CT molecular complexity index is 1340. The Morgan fingerprint density at radius 3 is 2.55 bits per heavy atom. The molecule has 0 N–H and O–H groups in total. The predicted octanol–water partition coefficient (Wildman–Crippen LogP) is 4.87. The molecular weight excluding hydrogens is 418 g/mol. The zero-order valence-electron chi connectivity index (χ0n) is 18.7. The van der Waals surface area contributed by atoms with Crippen molar-refractivity contribution in [3.05, 3.63) is 88.3 Å². The molecule has 0 saturated carbocycles. The highest BCUT2D eigenvalue weighted by atomic mass is 16.5. The highest BCUT2D eigenvalue weighted by molar-refractivity contribution is 5.86. The molecule has 0 amide bonds. The molecular formula is C27H25NO5. The summed E-state index contributed by atoms with van der Waals surface area (Å²) in [6.07, 6.45) is 2.41. The third-order valence-corrected chi connectivity index (χ3v) is 6.06. The molecule has 1 aromatic heterocycles. The zero-order chi connectivity index (χ0) is 22.8. The lowest BCUT2D eigenvalue weighted by atomic mass is 10.0. The van der Waals surface area contributed by atoms with Gasteiger partial charge in [-0.25, -0.2) is 0 Å². The van der Waals surface area contributed by atoms with E-state index in [4.69, 9.17) is 18.6 Å². The van der Waals surface area contributed by atoms with E-state index >= 15 is 0 Å². The van der Waals surface area contributed by atoms with E-state index in [1.807, 2.05) is 42.5 Å². The van der Waals surface area contributed by atoms with Gasteiger partial charge in [-0.1, -0.05) is 30.3 Å². The van der Waals surface area contributed by atoms with E-state index in [9.17, 15) is 4.79 Å². The number of rotatable bonds is 6. The van der Waals surface area contributed by atoms with Gasteiger partial charge in [0.15, 0.2) is 0 Å². The van der Waals surface area contributed by atoms with Crippen LogP contribution in [0.4, 0.5) is 0 Å². The molecule has 4 aromatic rings. The lowest BCUT2D eigenvalue weighted by Gasteiger charge is -2.29. The van der Waals surface area contributed by atoms with Crippen LogP contribution < -0.4 is 19.6 Å². The van der Waals surface area contributed by atoms with Crippen LogP contribution in [0.3, 0.4) is 0 Å². The minimum atomic E-state index is -0.0843. The summed E-state index contributed by atoms with van der Waals surface area (Å²) in [7, 11) is 3.26. The van der Waals surface area contributed by atoms with Gasteiger partial charge in [0.05, 0.1) is 30.7 Å². The zero-order valence-corrected chi connectivity index (χ0v) is 18.7. The monoisotopic (exact) mass is 443 g/mol. The number of para-hydroxylation sites is 1. The molecule has 5 rings (SSSR count). The Kier molecular flexibility index (Phi) is 5.75. The SMILES string of the molecule is COc1ccc(CCN2COc3ccc4c(=O)c(-c5ccccc5OC)coc4c3C2)cc1. The van der Waals surface area contributed by atoms with Gasteiger partial charge in [-0.05, 0) is 42.3 Å². The van der Waals surface area contributed by atoms with Crippen LogP contribution in [0.1, 0.15) is 11.1 Å². The second-order valence-electron chi connectivity index (χ2n) is 8.02. The average Bonchev–Trinajstić information content (AvgIpc) is 2.87. The summed E-state index contributed by atoms with van der Waals surface area (Å²) in [5.74, 6) is 2.24. The molecule has 2 heterocycles. The maximum atomic E-state index is 13.3. The Balaban J connectivity index is 1.42. The summed E-state index contributed by atoms with van der Waals surface area (Å²) < 4.78 is 22.7. The van der Waals surface area contributed by atoms with E-state index in [-0.39, 0.29) is 5.43 Å². The van der Waals surface area contributed by atoms with Crippen LogP contribution in [0.15, 0.2) is 76.1 Å². The summed E-state index contributed by atoms with van der Waals surface area (Å²) in [4.78, 5) is 15.6. The van der Waals surface area contributed by atoms with Crippen LogP contribution >= 0.6 is 0 Å². The van der Waals surface area contributed by atoms with Gasteiger partial charge in [-0.2, -0.15) is 0 Å². The summed E-state index contributed by atoms with van der Waals surface area (Å²) in [5, 5.41) is 0.540. The van der Waals surface area contributed by atoms with Crippen LogP contribution in [0.25, 0.3) is 22.1 Å². The molecule has 0 spiro atoms. The second-order valence-corrected chi connectivity index (χ2v) is 8.02. The number of fused-ring (bicyclic) bond motifs is 3. The quantitative estimate of drug-likeness (QED) is 0.424. The number of hydrogen-bond acceptors (Lipinski definition) is 6. The molecule has 0 atom stereocenters. The van der Waals surface area contributed by atoms with Crippen LogP contribution in [0.5, 0.6) is 17.2 Å². The smallest absolute Gasteiger partial charge is 0.200 e. The van der Waals surface area contributed by atoms with Crippen molar-refractivity contribution in [3.63, 3.8) is 0 Å². The first-order valence-corrected chi connectivity index (χ1v) is 10.9. The molecule has 0 radical (unpaired) electrons. The van der Waals surface area contributed by atoms with Gasteiger partial charge >= 0.3 is 0 Å². The van der Waals surface area contributed by atoms with Crippen molar-refractivity contribution < 1.29 is 18.6 Å². The molecule has 3 aromatic carbocycles. The van der Waals surface area contributed by atoms with Crippen molar-refractivity contribution >= 4 is 11.0 Å². The van der Waals surface area contributed by atoms with Crippen LogP contribution in [-0.2, 0) is 13.0 Å². The van der Waals surface area contributed by atoms with E-state index < -0.39 is 0 Å². The van der Waals surface area contributed by atoms with E-state index in [0.717, 1.165) is 30.0 Å². The molecule has 0 bridgehead atoms. The second kappa shape index (κ2) is 9.00. The molecule has 168 valence electrons. The molecule has 6 nitrogen and oxygen atoms in total. The third-order valence-electron chi connectivity index (χ3n) is 6.06. The van der Waals surface area contributed by atoms with Crippen LogP contribution in [-0.4, -0.2) is 32.4 Å². The van der Waals surface area contributed by atoms with Crippen molar-refractivity contribution in [1.82, 2.24) is 4.90 Å². The molecule has 1 aliphatic rings. The lowest BCUT2D eigenvalue weighted by Crippen LogP contribution is -2.33. The van der Waals surface area contributed by atoms with Crippen molar-refractivity contribution in [2.75, 3.05) is 27.5 Å². The van der Waals surface area contributed by atoms with Crippen molar-refractivity contribution in [3.8, 4) is 28.4 Å². The predicted molar refractivity (Wildman–Crippen MR) is 127 cm³/mol. The van der Waals surface area contributed by atoms with Gasteiger partial charge < -0.3 is 18.6 Å². The topological polar surface area (TPSA) is 61.1 Å². The number of hydrogen-bond donors (Lipinski definition) is 0. The molecule has 0 aliphatic carbocycles. The standard InChI is InChI=1S/C27H25NO5/c1-30-19-9-7-18(8-10-19)13-14-28-15-22-25(33-17-28)12-11-21-26(29)23(16-32-27(21)22)20-5-3-4-6-24(20)31-2/h3-12,16H,13-15,17H2,1-2H3. The summed E-state index contributed by atoms with van der Waals surface area (Å²) >= 11 is 0. The van der Waals surface area contributed by atoms with Gasteiger partial charge in [0, 0.05) is 18.7 Å². The number of ether oxygens (including phenoxy) is 3. The number of benzene rings is 3. The van der Waals surface area contributed by atoms with Gasteiger partial charge in [0.1, 0.15) is 35.8 Å². The normalized spacial score (nSPS) is 13.4. The summed E-state index contributed by atoms with van der Waals surface area (Å²) in [5.41, 5.74) is 3.81. The minimum Gasteiger partial charge on any atom is -0.497 e. The number of methoxy groups -OCH3 is 2. The summed E-state index contributed by atoms with van der Waals surface area (Å²) in [6.45, 7) is 1.98. The van der Waals surface area contributed by atoms with E-state index in [0.29, 0.717) is 41.1 Å². The van der Waals surface area contributed by atoms with Gasteiger partial charge in [0.25, 0.3) is 0 Å². The molecule has 1 aliphatic heterocycles. The van der Waals surface area contributed by atoms with Gasteiger partial charge in [0.2, 0.25) is 5.43 Å². The van der Waals surface area contributed by atoms with Crippen molar-refractivity contribution in [1.29, 1.82) is 0 Å². The molecule has 0 unspecified atom stereocenters. The first-order chi connectivity index (χ1) is 16.2. The third kappa shape index (κ3) is 4.05. The molecule has 0 fully saturated rings. The fraction of sp³-hybridized carbons (Fsp3) is 0.222. The minimum absolute atomic E-state index is 0.0843. The maximum absolute atomic E-state index is 13.3. The first kappa shape index (κ1) is 21.1. The van der Waals surface area contributed by atoms with Crippen molar-refractivity contribution in [2.24, 2.45) is 0 Å². The lowest BCUT2D eigenvalue weighted by molar-refractivity contribution is 0.0968. The van der Waals surface area contributed by atoms with Crippen LogP contribution in [0.2, 0.25) is 0 Å². The van der Waals surface area contributed by atoms with E-state index in [1.165, 1.54) is 11.8 Å².